The van der Waals surface area contributed by atoms with Crippen LogP contribution in [0.3, 0.4) is 0 Å². The molecule has 0 unspecified atom stereocenters. The Hall–Kier alpha value is -1.36. The number of carbonyl (C=O) groups is 2. The van der Waals surface area contributed by atoms with Gasteiger partial charge in [-0.15, -0.1) is 0 Å². The summed E-state index contributed by atoms with van der Waals surface area (Å²) in [6.07, 6.45) is 1.48. The monoisotopic (exact) mass is 340 g/mol. The van der Waals surface area contributed by atoms with Crippen molar-refractivity contribution in [2.24, 2.45) is 0 Å². The minimum absolute atomic E-state index is 0.0938. The van der Waals surface area contributed by atoms with Crippen LogP contribution in [0.4, 0.5) is 0 Å². The number of nitrogens with one attached hydrogen (secondary N) is 2. The molecule has 0 aliphatic carbocycles. The third kappa shape index (κ3) is 5.33. The maximum Gasteiger partial charge on any atom is 0.243 e. The van der Waals surface area contributed by atoms with Gasteiger partial charge < -0.3 is 10.6 Å². The zero-order chi connectivity index (χ0) is 15.1. The van der Waals surface area contributed by atoms with Gasteiger partial charge in [0.15, 0.2) is 0 Å². The molecule has 0 bridgehead atoms. The molecule has 110 valence electrons. The smallest absolute Gasteiger partial charge is 0.243 e. The van der Waals surface area contributed by atoms with Crippen LogP contribution in [0, 0.1) is 0 Å². The summed E-state index contributed by atoms with van der Waals surface area (Å²) in [5, 5.41) is 5.62. The lowest BCUT2D eigenvalue weighted by Gasteiger charge is -2.20. The first-order valence-electron chi connectivity index (χ1n) is 6.77. The van der Waals surface area contributed by atoms with E-state index in [1.54, 1.807) is 0 Å². The van der Waals surface area contributed by atoms with E-state index in [0.29, 0.717) is 6.42 Å². The third-order valence-corrected chi connectivity index (χ3v) is 3.53. The fourth-order valence-electron chi connectivity index (χ4n) is 1.95. The standard InChI is InChI=1S/C15H21BrN2O2/c1-4-5-14(18-11(3)19)15(20)17-10(2)12-6-8-13(16)9-7-12/h6-10,14H,4-5H2,1-3H3,(H,17,20)(H,18,19)/t10-,14-/m0/s1. The zero-order valence-electron chi connectivity index (χ0n) is 12.1. The number of carbonyl (C=O) groups excluding carboxylic acids is 2. The summed E-state index contributed by atoms with van der Waals surface area (Å²) in [5.74, 6) is -0.327. The van der Waals surface area contributed by atoms with E-state index < -0.39 is 6.04 Å². The highest BCUT2D eigenvalue weighted by Gasteiger charge is 2.20. The first-order chi connectivity index (χ1) is 9.43. The predicted octanol–water partition coefficient (Wildman–Crippen LogP) is 2.93. The van der Waals surface area contributed by atoms with Crippen molar-refractivity contribution in [3.63, 3.8) is 0 Å². The van der Waals surface area contributed by atoms with Gasteiger partial charge in [0.25, 0.3) is 0 Å². The first kappa shape index (κ1) is 16.7. The molecular formula is C15H21BrN2O2. The van der Waals surface area contributed by atoms with Crippen molar-refractivity contribution in [1.82, 2.24) is 10.6 Å². The Labute approximate surface area is 128 Å². The van der Waals surface area contributed by atoms with Gasteiger partial charge in [0.2, 0.25) is 11.8 Å². The molecule has 0 fully saturated rings. The van der Waals surface area contributed by atoms with Crippen LogP contribution < -0.4 is 10.6 Å². The van der Waals surface area contributed by atoms with Crippen LogP contribution in [0.2, 0.25) is 0 Å². The number of hydrogen-bond donors (Lipinski definition) is 2. The fourth-order valence-corrected chi connectivity index (χ4v) is 2.22. The highest BCUT2D eigenvalue weighted by molar-refractivity contribution is 9.10. The maximum atomic E-state index is 12.2. The van der Waals surface area contributed by atoms with E-state index in [1.165, 1.54) is 6.92 Å². The van der Waals surface area contributed by atoms with E-state index >= 15 is 0 Å². The molecule has 0 aliphatic rings. The number of rotatable bonds is 6. The van der Waals surface area contributed by atoms with Crippen LogP contribution in [-0.4, -0.2) is 17.9 Å². The lowest BCUT2D eigenvalue weighted by molar-refractivity contribution is -0.128. The van der Waals surface area contributed by atoms with E-state index in [0.717, 1.165) is 16.5 Å². The van der Waals surface area contributed by atoms with Crippen LogP contribution in [0.25, 0.3) is 0 Å². The van der Waals surface area contributed by atoms with Gasteiger partial charge in [0.05, 0.1) is 6.04 Å². The molecule has 0 aromatic heterocycles. The van der Waals surface area contributed by atoms with Gasteiger partial charge in [-0.3, -0.25) is 9.59 Å². The van der Waals surface area contributed by atoms with E-state index in [9.17, 15) is 9.59 Å². The van der Waals surface area contributed by atoms with Gasteiger partial charge in [0.1, 0.15) is 6.04 Å². The highest BCUT2D eigenvalue weighted by atomic mass is 79.9. The lowest BCUT2D eigenvalue weighted by atomic mass is 10.1. The summed E-state index contributed by atoms with van der Waals surface area (Å²) in [7, 11) is 0. The molecule has 0 saturated heterocycles. The average Bonchev–Trinajstić information content (AvgIpc) is 2.38. The van der Waals surface area contributed by atoms with Gasteiger partial charge in [-0.25, -0.2) is 0 Å². The molecule has 0 spiro atoms. The van der Waals surface area contributed by atoms with Gasteiger partial charge in [-0.1, -0.05) is 41.4 Å². The molecule has 1 aromatic carbocycles. The largest absolute Gasteiger partial charge is 0.348 e. The van der Waals surface area contributed by atoms with Crippen LogP contribution in [0.5, 0.6) is 0 Å². The Morgan fingerprint density at radius 3 is 2.30 bits per heavy atom. The summed E-state index contributed by atoms with van der Waals surface area (Å²) in [4.78, 5) is 23.3. The number of halogens is 1. The van der Waals surface area contributed by atoms with Gasteiger partial charge in [-0.2, -0.15) is 0 Å². The minimum atomic E-state index is -0.463. The molecule has 20 heavy (non-hydrogen) atoms. The predicted molar refractivity (Wildman–Crippen MR) is 83.2 cm³/mol. The summed E-state index contributed by atoms with van der Waals surface area (Å²) in [5.41, 5.74) is 1.03. The topological polar surface area (TPSA) is 58.2 Å². The van der Waals surface area contributed by atoms with Crippen molar-refractivity contribution >= 4 is 27.7 Å². The molecule has 0 heterocycles. The number of amides is 2. The second kappa shape index (κ2) is 8.04. The van der Waals surface area contributed by atoms with Gasteiger partial charge >= 0.3 is 0 Å². The quantitative estimate of drug-likeness (QED) is 0.836. The molecule has 0 aliphatic heterocycles. The van der Waals surface area contributed by atoms with Crippen molar-refractivity contribution in [2.75, 3.05) is 0 Å². The van der Waals surface area contributed by atoms with E-state index in [-0.39, 0.29) is 17.9 Å². The Morgan fingerprint density at radius 1 is 1.20 bits per heavy atom. The van der Waals surface area contributed by atoms with E-state index in [4.69, 9.17) is 0 Å². The van der Waals surface area contributed by atoms with Crippen molar-refractivity contribution in [3.8, 4) is 0 Å². The molecular weight excluding hydrogens is 320 g/mol. The van der Waals surface area contributed by atoms with Crippen LogP contribution in [-0.2, 0) is 9.59 Å². The second-order valence-electron chi connectivity index (χ2n) is 4.82. The Bertz CT molecular complexity index is 459. The summed E-state index contributed by atoms with van der Waals surface area (Å²) in [6, 6.07) is 7.24. The molecule has 0 saturated carbocycles. The van der Waals surface area contributed by atoms with Crippen molar-refractivity contribution in [1.29, 1.82) is 0 Å². The SMILES string of the molecule is CCC[C@H](NC(C)=O)C(=O)N[C@@H](C)c1ccc(Br)cc1. The fraction of sp³-hybridized carbons (Fsp3) is 0.467. The maximum absolute atomic E-state index is 12.2. The van der Waals surface area contributed by atoms with Crippen molar-refractivity contribution in [3.05, 3.63) is 34.3 Å². The van der Waals surface area contributed by atoms with Gasteiger partial charge in [0, 0.05) is 11.4 Å². The minimum Gasteiger partial charge on any atom is -0.348 e. The summed E-state index contributed by atoms with van der Waals surface area (Å²) >= 11 is 3.38. The Kier molecular flexibility index (Phi) is 6.71. The number of benzene rings is 1. The Morgan fingerprint density at radius 2 is 1.80 bits per heavy atom. The molecule has 2 atom stereocenters. The zero-order valence-corrected chi connectivity index (χ0v) is 13.7. The third-order valence-electron chi connectivity index (χ3n) is 3.00. The Balaban J connectivity index is 2.66. The first-order valence-corrected chi connectivity index (χ1v) is 7.56. The molecule has 2 N–H and O–H groups in total. The second-order valence-corrected chi connectivity index (χ2v) is 5.74. The van der Waals surface area contributed by atoms with Gasteiger partial charge in [-0.05, 0) is 31.0 Å². The van der Waals surface area contributed by atoms with Crippen molar-refractivity contribution < 1.29 is 9.59 Å². The normalized spacial score (nSPS) is 13.4. The molecule has 4 nitrogen and oxygen atoms in total. The molecule has 1 aromatic rings. The summed E-state index contributed by atoms with van der Waals surface area (Å²) in [6.45, 7) is 5.34. The average molecular weight is 341 g/mol. The highest BCUT2D eigenvalue weighted by Crippen LogP contribution is 2.16. The van der Waals surface area contributed by atoms with Crippen LogP contribution in [0.1, 0.15) is 45.2 Å². The number of hydrogen-bond acceptors (Lipinski definition) is 2. The van der Waals surface area contributed by atoms with Crippen LogP contribution >= 0.6 is 15.9 Å². The lowest BCUT2D eigenvalue weighted by Crippen LogP contribution is -2.46. The molecule has 5 heteroatoms. The van der Waals surface area contributed by atoms with Crippen molar-refractivity contribution in [2.45, 2.75) is 45.7 Å². The molecule has 0 radical (unpaired) electrons. The summed E-state index contributed by atoms with van der Waals surface area (Å²) < 4.78 is 1.00. The van der Waals surface area contributed by atoms with Crippen LogP contribution in [0.15, 0.2) is 28.7 Å². The molecule has 1 rings (SSSR count). The van der Waals surface area contributed by atoms with E-state index in [2.05, 4.69) is 26.6 Å². The van der Waals surface area contributed by atoms with E-state index in [1.807, 2.05) is 38.1 Å². The molecule has 2 amide bonds.